The van der Waals surface area contributed by atoms with Crippen molar-refractivity contribution in [2.24, 2.45) is 0 Å². The second kappa shape index (κ2) is 7.43. The summed E-state index contributed by atoms with van der Waals surface area (Å²) in [6.07, 6.45) is 2.49. The summed E-state index contributed by atoms with van der Waals surface area (Å²) < 4.78 is 0. The van der Waals surface area contributed by atoms with Gasteiger partial charge < -0.3 is 10.6 Å². The van der Waals surface area contributed by atoms with Crippen LogP contribution in [0.1, 0.15) is 24.0 Å². The lowest BCUT2D eigenvalue weighted by molar-refractivity contribution is 0.605. The Morgan fingerprint density at radius 1 is 1.07 bits per heavy atom. The predicted octanol–water partition coefficient (Wildman–Crippen LogP) is 2.08. The summed E-state index contributed by atoms with van der Waals surface area (Å²) in [6, 6.07) is 8.55. The zero-order valence-corrected chi connectivity index (χ0v) is 9.84. The molecule has 1 rings (SSSR count). The number of unbranched alkanes of at least 4 members (excludes halogenated alkanes) is 1. The van der Waals surface area contributed by atoms with Gasteiger partial charge in [-0.1, -0.05) is 24.3 Å². The van der Waals surface area contributed by atoms with Crippen LogP contribution in [-0.4, -0.2) is 20.1 Å². The first-order valence-corrected chi connectivity index (χ1v) is 5.74. The van der Waals surface area contributed by atoms with Gasteiger partial charge in [0.25, 0.3) is 0 Å². The third kappa shape index (κ3) is 4.96. The topological polar surface area (TPSA) is 24.1 Å². The average molecular weight is 206 g/mol. The van der Waals surface area contributed by atoms with E-state index in [4.69, 9.17) is 0 Å². The normalized spacial score (nSPS) is 10.5. The lowest BCUT2D eigenvalue weighted by Gasteiger charge is -2.07. The molecule has 0 heterocycles. The molecule has 0 spiro atoms. The molecule has 0 saturated carbocycles. The SMILES string of the molecule is CNCCCCNCc1ccccc1C. The number of hydrogen-bond donors (Lipinski definition) is 2. The molecule has 84 valence electrons. The molecule has 1 aromatic rings. The standard InChI is InChI=1S/C13H22N2/c1-12-7-3-4-8-13(12)11-15-10-6-5-9-14-2/h3-4,7-8,14-15H,5-6,9-11H2,1-2H3. The van der Waals surface area contributed by atoms with Gasteiger partial charge in [0.2, 0.25) is 0 Å². The van der Waals surface area contributed by atoms with Gasteiger partial charge in [-0.15, -0.1) is 0 Å². The molecule has 1 aromatic carbocycles. The minimum atomic E-state index is 0.992. The maximum Gasteiger partial charge on any atom is 0.0208 e. The number of hydrogen-bond acceptors (Lipinski definition) is 2. The van der Waals surface area contributed by atoms with Gasteiger partial charge in [0.1, 0.15) is 0 Å². The first kappa shape index (κ1) is 12.2. The largest absolute Gasteiger partial charge is 0.320 e. The summed E-state index contributed by atoms with van der Waals surface area (Å²) in [6.45, 7) is 5.38. The van der Waals surface area contributed by atoms with Crippen LogP contribution in [0.2, 0.25) is 0 Å². The predicted molar refractivity (Wildman–Crippen MR) is 66.0 cm³/mol. The van der Waals surface area contributed by atoms with E-state index in [9.17, 15) is 0 Å². The van der Waals surface area contributed by atoms with E-state index in [0.29, 0.717) is 0 Å². The van der Waals surface area contributed by atoms with E-state index in [0.717, 1.165) is 19.6 Å². The molecule has 2 N–H and O–H groups in total. The zero-order chi connectivity index (χ0) is 10.9. The highest BCUT2D eigenvalue weighted by atomic mass is 14.8. The first-order chi connectivity index (χ1) is 7.34. The number of nitrogens with one attached hydrogen (secondary N) is 2. The molecule has 0 aliphatic carbocycles. The van der Waals surface area contributed by atoms with Crippen LogP contribution in [0.4, 0.5) is 0 Å². The van der Waals surface area contributed by atoms with Gasteiger partial charge >= 0.3 is 0 Å². The van der Waals surface area contributed by atoms with Gasteiger partial charge in [0.15, 0.2) is 0 Å². The lowest BCUT2D eigenvalue weighted by atomic mass is 10.1. The summed E-state index contributed by atoms with van der Waals surface area (Å²) in [5.41, 5.74) is 2.78. The molecule has 0 amide bonds. The monoisotopic (exact) mass is 206 g/mol. The summed E-state index contributed by atoms with van der Waals surface area (Å²) in [7, 11) is 2.00. The second-order valence-corrected chi connectivity index (χ2v) is 3.91. The van der Waals surface area contributed by atoms with Crippen LogP contribution in [0.25, 0.3) is 0 Å². The van der Waals surface area contributed by atoms with Crippen LogP contribution in [0.3, 0.4) is 0 Å². The van der Waals surface area contributed by atoms with Gasteiger partial charge in [-0.2, -0.15) is 0 Å². The molecule has 2 heteroatoms. The van der Waals surface area contributed by atoms with E-state index in [1.54, 1.807) is 0 Å². The van der Waals surface area contributed by atoms with Crippen LogP contribution >= 0.6 is 0 Å². The molecule has 0 unspecified atom stereocenters. The Hall–Kier alpha value is -0.860. The van der Waals surface area contributed by atoms with Gasteiger partial charge in [0.05, 0.1) is 0 Å². The van der Waals surface area contributed by atoms with Crippen LogP contribution in [0.5, 0.6) is 0 Å². The van der Waals surface area contributed by atoms with Crippen LogP contribution in [0.15, 0.2) is 24.3 Å². The van der Waals surface area contributed by atoms with Crippen molar-refractivity contribution in [1.29, 1.82) is 0 Å². The van der Waals surface area contributed by atoms with E-state index in [2.05, 4.69) is 41.8 Å². The van der Waals surface area contributed by atoms with Crippen molar-refractivity contribution >= 4 is 0 Å². The third-order valence-electron chi connectivity index (χ3n) is 2.61. The first-order valence-electron chi connectivity index (χ1n) is 5.74. The van der Waals surface area contributed by atoms with Crippen molar-refractivity contribution in [3.05, 3.63) is 35.4 Å². The highest BCUT2D eigenvalue weighted by molar-refractivity contribution is 5.25. The van der Waals surface area contributed by atoms with Gasteiger partial charge in [-0.25, -0.2) is 0 Å². The Morgan fingerprint density at radius 2 is 1.80 bits per heavy atom. The quantitative estimate of drug-likeness (QED) is 0.667. The van der Waals surface area contributed by atoms with E-state index < -0.39 is 0 Å². The van der Waals surface area contributed by atoms with Crippen LogP contribution in [0, 0.1) is 6.92 Å². The molecular weight excluding hydrogens is 184 g/mol. The molecule has 15 heavy (non-hydrogen) atoms. The van der Waals surface area contributed by atoms with Crippen molar-refractivity contribution in [3.8, 4) is 0 Å². The second-order valence-electron chi connectivity index (χ2n) is 3.91. The highest BCUT2D eigenvalue weighted by Gasteiger charge is 1.95. The molecule has 0 saturated heterocycles. The van der Waals surface area contributed by atoms with E-state index in [1.807, 2.05) is 7.05 Å². The highest BCUT2D eigenvalue weighted by Crippen LogP contribution is 2.05. The molecule has 0 atom stereocenters. The number of aryl methyl sites for hydroxylation is 1. The van der Waals surface area contributed by atoms with Crippen molar-refractivity contribution in [1.82, 2.24) is 10.6 Å². The number of rotatable bonds is 7. The Labute approximate surface area is 93.1 Å². The van der Waals surface area contributed by atoms with Crippen LogP contribution in [-0.2, 0) is 6.54 Å². The summed E-state index contributed by atoms with van der Waals surface area (Å²) in [5, 5.41) is 6.63. The fourth-order valence-electron chi connectivity index (χ4n) is 1.58. The Balaban J connectivity index is 2.12. The molecule has 0 bridgehead atoms. The van der Waals surface area contributed by atoms with E-state index in [-0.39, 0.29) is 0 Å². The fraction of sp³-hybridized carbons (Fsp3) is 0.538. The van der Waals surface area contributed by atoms with Crippen molar-refractivity contribution in [2.75, 3.05) is 20.1 Å². The van der Waals surface area contributed by atoms with Gasteiger partial charge in [-0.05, 0) is 51.0 Å². The Kier molecular flexibility index (Phi) is 6.05. The molecule has 2 nitrogen and oxygen atoms in total. The minimum Gasteiger partial charge on any atom is -0.320 e. The molecule has 0 aliphatic heterocycles. The molecule has 0 aliphatic rings. The van der Waals surface area contributed by atoms with Gasteiger partial charge in [0, 0.05) is 6.54 Å². The molecule has 0 aromatic heterocycles. The van der Waals surface area contributed by atoms with Crippen LogP contribution < -0.4 is 10.6 Å². The van der Waals surface area contributed by atoms with E-state index in [1.165, 1.54) is 24.0 Å². The maximum atomic E-state index is 3.47. The third-order valence-corrected chi connectivity index (χ3v) is 2.61. The maximum absolute atomic E-state index is 3.47. The van der Waals surface area contributed by atoms with Crippen molar-refractivity contribution < 1.29 is 0 Å². The molecule has 0 fully saturated rings. The Morgan fingerprint density at radius 3 is 2.53 bits per heavy atom. The molecule has 0 radical (unpaired) electrons. The van der Waals surface area contributed by atoms with Gasteiger partial charge in [-0.3, -0.25) is 0 Å². The average Bonchev–Trinajstić information content (AvgIpc) is 2.25. The summed E-state index contributed by atoms with van der Waals surface area (Å²) >= 11 is 0. The van der Waals surface area contributed by atoms with E-state index >= 15 is 0 Å². The number of benzene rings is 1. The van der Waals surface area contributed by atoms with Crippen molar-refractivity contribution in [2.45, 2.75) is 26.3 Å². The molecular formula is C13H22N2. The zero-order valence-electron chi connectivity index (χ0n) is 9.84. The Bertz CT molecular complexity index is 271. The fourth-order valence-corrected chi connectivity index (χ4v) is 1.58. The minimum absolute atomic E-state index is 0.992. The summed E-state index contributed by atoms with van der Waals surface area (Å²) in [4.78, 5) is 0. The summed E-state index contributed by atoms with van der Waals surface area (Å²) in [5.74, 6) is 0. The lowest BCUT2D eigenvalue weighted by Crippen LogP contribution is -2.17. The smallest absolute Gasteiger partial charge is 0.0208 e. The van der Waals surface area contributed by atoms with Crippen molar-refractivity contribution in [3.63, 3.8) is 0 Å².